The quantitative estimate of drug-likeness (QED) is 0.662. The smallest absolute Gasteiger partial charge is 0.306 e. The van der Waals surface area contributed by atoms with Crippen LogP contribution in [0.3, 0.4) is 0 Å². The van der Waals surface area contributed by atoms with Crippen LogP contribution in [0.1, 0.15) is 43.7 Å². The van der Waals surface area contributed by atoms with Crippen LogP contribution in [0.25, 0.3) is 0 Å². The molecule has 0 aliphatic carbocycles. The van der Waals surface area contributed by atoms with Gasteiger partial charge in [-0.05, 0) is 48.9 Å². The van der Waals surface area contributed by atoms with Crippen LogP contribution in [0.5, 0.6) is 5.75 Å². The van der Waals surface area contributed by atoms with E-state index < -0.39 is 18.4 Å². The first-order chi connectivity index (χ1) is 13.9. The number of amides is 1. The molecule has 0 radical (unpaired) electrons. The second-order valence-corrected chi connectivity index (χ2v) is 7.43. The van der Waals surface area contributed by atoms with Crippen molar-refractivity contribution in [1.29, 1.82) is 0 Å². The zero-order chi connectivity index (χ0) is 21.0. The largest absolute Gasteiger partial charge is 0.508 e. The van der Waals surface area contributed by atoms with Gasteiger partial charge in [0.25, 0.3) is 5.91 Å². The molecule has 1 aliphatic heterocycles. The SMILES string of the molecule is CCCCCN1C(=O)C(CC(=O)O)N=C(c2ccc(O)cc2)c2cc(Cl)ccc21. The molecule has 1 aliphatic rings. The van der Waals surface area contributed by atoms with Crippen LogP contribution in [0.2, 0.25) is 5.02 Å². The number of aromatic hydroxyl groups is 1. The predicted octanol–water partition coefficient (Wildman–Crippen LogP) is 4.26. The monoisotopic (exact) mass is 414 g/mol. The number of hydrogen-bond acceptors (Lipinski definition) is 4. The Hall–Kier alpha value is -2.86. The summed E-state index contributed by atoms with van der Waals surface area (Å²) in [7, 11) is 0. The summed E-state index contributed by atoms with van der Waals surface area (Å²) in [6, 6.07) is 10.6. The summed E-state index contributed by atoms with van der Waals surface area (Å²) in [5, 5.41) is 19.5. The summed E-state index contributed by atoms with van der Waals surface area (Å²) in [4.78, 5) is 30.8. The van der Waals surface area contributed by atoms with Gasteiger partial charge in [0.1, 0.15) is 11.8 Å². The maximum absolute atomic E-state index is 13.2. The summed E-state index contributed by atoms with van der Waals surface area (Å²) in [6.45, 7) is 2.56. The van der Waals surface area contributed by atoms with E-state index in [9.17, 15) is 19.8 Å². The molecular formula is C22H23ClN2O4. The van der Waals surface area contributed by atoms with Crippen LogP contribution in [0, 0.1) is 0 Å². The molecule has 0 saturated heterocycles. The molecule has 2 aromatic rings. The van der Waals surface area contributed by atoms with Crippen LogP contribution in [0.4, 0.5) is 5.69 Å². The molecule has 29 heavy (non-hydrogen) atoms. The number of carbonyl (C=O) groups is 2. The maximum atomic E-state index is 13.2. The Bertz CT molecular complexity index is 940. The average molecular weight is 415 g/mol. The first kappa shape index (κ1) is 20.9. The number of nitrogens with zero attached hydrogens (tertiary/aromatic N) is 2. The molecule has 0 spiro atoms. The van der Waals surface area contributed by atoms with Gasteiger partial charge in [0.05, 0.1) is 17.8 Å². The van der Waals surface area contributed by atoms with E-state index in [1.54, 1.807) is 35.2 Å². The molecule has 3 rings (SSSR count). The Morgan fingerprint density at radius 2 is 1.90 bits per heavy atom. The number of aliphatic carboxylic acids is 1. The van der Waals surface area contributed by atoms with Crippen molar-refractivity contribution in [3.05, 3.63) is 58.6 Å². The molecule has 1 amide bonds. The number of phenols is 1. The number of hydrogen-bond donors (Lipinski definition) is 2. The number of carboxylic acids is 1. The molecule has 1 heterocycles. The van der Waals surface area contributed by atoms with Crippen molar-refractivity contribution in [3.8, 4) is 5.75 Å². The molecule has 2 aromatic carbocycles. The van der Waals surface area contributed by atoms with E-state index in [-0.39, 0.29) is 11.7 Å². The summed E-state index contributed by atoms with van der Waals surface area (Å²) < 4.78 is 0. The molecule has 7 heteroatoms. The van der Waals surface area contributed by atoms with Crippen molar-refractivity contribution in [3.63, 3.8) is 0 Å². The number of unbranched alkanes of at least 4 members (excludes halogenated alkanes) is 2. The minimum atomic E-state index is -1.09. The van der Waals surface area contributed by atoms with E-state index in [1.807, 2.05) is 0 Å². The van der Waals surface area contributed by atoms with E-state index in [4.69, 9.17) is 11.6 Å². The molecule has 0 fully saturated rings. The topological polar surface area (TPSA) is 90.2 Å². The van der Waals surface area contributed by atoms with Gasteiger partial charge in [-0.3, -0.25) is 14.6 Å². The highest BCUT2D eigenvalue weighted by Crippen LogP contribution is 2.32. The Kier molecular flexibility index (Phi) is 6.54. The van der Waals surface area contributed by atoms with Crippen molar-refractivity contribution in [1.82, 2.24) is 0 Å². The number of benzodiazepines with no additional fused rings is 1. The number of anilines is 1. The summed E-state index contributed by atoms with van der Waals surface area (Å²) in [5.74, 6) is -1.32. The van der Waals surface area contributed by atoms with Gasteiger partial charge in [-0.25, -0.2) is 0 Å². The molecule has 0 saturated carbocycles. The third-order valence-corrected chi connectivity index (χ3v) is 5.07. The maximum Gasteiger partial charge on any atom is 0.306 e. The van der Waals surface area contributed by atoms with Crippen LogP contribution in [-0.2, 0) is 9.59 Å². The fourth-order valence-electron chi connectivity index (χ4n) is 3.41. The van der Waals surface area contributed by atoms with Gasteiger partial charge < -0.3 is 15.1 Å². The minimum Gasteiger partial charge on any atom is -0.508 e. The van der Waals surface area contributed by atoms with Gasteiger partial charge in [-0.2, -0.15) is 0 Å². The van der Waals surface area contributed by atoms with E-state index in [2.05, 4.69) is 11.9 Å². The van der Waals surface area contributed by atoms with Crippen molar-refractivity contribution >= 4 is 34.9 Å². The van der Waals surface area contributed by atoms with Crippen molar-refractivity contribution in [2.75, 3.05) is 11.4 Å². The highest BCUT2D eigenvalue weighted by atomic mass is 35.5. The van der Waals surface area contributed by atoms with E-state index in [1.165, 1.54) is 12.1 Å². The van der Waals surface area contributed by atoms with Gasteiger partial charge in [0.15, 0.2) is 0 Å². The normalized spacial score (nSPS) is 16.2. The summed E-state index contributed by atoms with van der Waals surface area (Å²) >= 11 is 6.25. The second kappa shape index (κ2) is 9.09. The van der Waals surface area contributed by atoms with Gasteiger partial charge in [-0.1, -0.05) is 31.4 Å². The molecule has 1 unspecified atom stereocenters. The number of phenolic OH excluding ortho intramolecular Hbond substituents is 1. The van der Waals surface area contributed by atoms with Crippen LogP contribution < -0.4 is 4.90 Å². The Labute approximate surface area is 174 Å². The first-order valence-corrected chi connectivity index (χ1v) is 9.98. The van der Waals surface area contributed by atoms with Gasteiger partial charge in [0.2, 0.25) is 0 Å². The molecule has 0 bridgehead atoms. The number of carboxylic acid groups (broad SMARTS) is 1. The van der Waals surface area contributed by atoms with Crippen LogP contribution in [-0.4, -0.2) is 40.4 Å². The standard InChI is InChI=1S/C22H23ClN2O4/c1-2-3-4-11-25-19-10-7-15(23)12-17(19)21(14-5-8-16(26)9-6-14)24-18(22(25)29)13-20(27)28/h5-10,12,18,26H,2-4,11,13H2,1H3,(H,27,28). The van der Waals surface area contributed by atoms with Crippen molar-refractivity contribution in [2.24, 2.45) is 4.99 Å². The van der Waals surface area contributed by atoms with Crippen molar-refractivity contribution in [2.45, 2.75) is 38.6 Å². The lowest BCUT2D eigenvalue weighted by Gasteiger charge is -2.25. The third kappa shape index (κ3) is 4.77. The Balaban J connectivity index is 2.17. The van der Waals surface area contributed by atoms with E-state index in [0.717, 1.165) is 19.3 Å². The number of fused-ring (bicyclic) bond motifs is 1. The lowest BCUT2D eigenvalue weighted by atomic mass is 10.00. The molecule has 1 atom stereocenters. The average Bonchev–Trinajstić information content (AvgIpc) is 2.78. The lowest BCUT2D eigenvalue weighted by molar-refractivity contribution is -0.139. The van der Waals surface area contributed by atoms with Gasteiger partial charge in [-0.15, -0.1) is 0 Å². The van der Waals surface area contributed by atoms with E-state index in [0.29, 0.717) is 34.1 Å². The highest BCUT2D eigenvalue weighted by Gasteiger charge is 2.33. The summed E-state index contributed by atoms with van der Waals surface area (Å²) in [5.41, 5.74) is 2.49. The molecule has 6 nitrogen and oxygen atoms in total. The zero-order valence-corrected chi connectivity index (χ0v) is 16.9. The minimum absolute atomic E-state index is 0.105. The summed E-state index contributed by atoms with van der Waals surface area (Å²) in [6.07, 6.45) is 2.37. The number of benzene rings is 2. The first-order valence-electron chi connectivity index (χ1n) is 9.61. The number of halogens is 1. The number of rotatable bonds is 7. The Morgan fingerprint density at radius 3 is 2.55 bits per heavy atom. The molecular weight excluding hydrogens is 392 g/mol. The second-order valence-electron chi connectivity index (χ2n) is 7.00. The molecule has 2 N–H and O–H groups in total. The number of aliphatic imine (C=N–C) groups is 1. The fourth-order valence-corrected chi connectivity index (χ4v) is 3.58. The zero-order valence-electron chi connectivity index (χ0n) is 16.1. The van der Waals surface area contributed by atoms with Gasteiger partial charge in [0, 0.05) is 22.7 Å². The van der Waals surface area contributed by atoms with Crippen molar-refractivity contribution < 1.29 is 19.8 Å². The van der Waals surface area contributed by atoms with Gasteiger partial charge >= 0.3 is 5.97 Å². The lowest BCUT2D eigenvalue weighted by Crippen LogP contribution is -2.39. The van der Waals surface area contributed by atoms with Crippen LogP contribution >= 0.6 is 11.6 Å². The Morgan fingerprint density at radius 1 is 1.17 bits per heavy atom. The number of carbonyl (C=O) groups excluding carboxylic acids is 1. The fraction of sp³-hybridized carbons (Fsp3) is 0.318. The van der Waals surface area contributed by atoms with Crippen LogP contribution in [0.15, 0.2) is 47.5 Å². The molecule has 152 valence electrons. The predicted molar refractivity (Wildman–Crippen MR) is 113 cm³/mol. The molecule has 0 aromatic heterocycles. The van der Waals surface area contributed by atoms with E-state index >= 15 is 0 Å². The third-order valence-electron chi connectivity index (χ3n) is 4.83. The highest BCUT2D eigenvalue weighted by molar-refractivity contribution is 6.32.